The van der Waals surface area contributed by atoms with Crippen molar-refractivity contribution in [2.45, 2.75) is 6.42 Å². The third-order valence-electron chi connectivity index (χ3n) is 4.15. The van der Waals surface area contributed by atoms with Crippen LogP contribution in [0.2, 0.25) is 0 Å². The van der Waals surface area contributed by atoms with Gasteiger partial charge >= 0.3 is 0 Å². The monoisotopic (exact) mass is 423 g/mol. The average Bonchev–Trinajstić information content (AvgIpc) is 3.48. The number of carbonyl (C=O) groups excluding carboxylic acids is 1. The molecule has 1 N–H and O–H groups in total. The van der Waals surface area contributed by atoms with Crippen molar-refractivity contribution >= 4 is 56.0 Å². The number of amides is 1. The first-order valence-corrected chi connectivity index (χ1v) is 11.1. The number of nitrogens with one attached hydrogen (secondary N) is 1. The molecule has 0 saturated heterocycles. The second kappa shape index (κ2) is 7.31. The van der Waals surface area contributed by atoms with Gasteiger partial charge in [0, 0.05) is 10.3 Å². The van der Waals surface area contributed by atoms with E-state index >= 15 is 0 Å². The maximum Gasteiger partial charge on any atom is 0.232 e. The molecule has 8 heteroatoms. The van der Waals surface area contributed by atoms with Gasteiger partial charge in [-0.05, 0) is 35.0 Å². The zero-order valence-electron chi connectivity index (χ0n) is 14.4. The predicted molar refractivity (Wildman–Crippen MR) is 115 cm³/mol. The molecule has 0 atom stereocenters. The number of thiazole rings is 1. The molecular weight excluding hydrogens is 410 g/mol. The van der Waals surface area contributed by atoms with Crippen molar-refractivity contribution < 1.29 is 9.32 Å². The van der Waals surface area contributed by atoms with Crippen molar-refractivity contribution in [3.63, 3.8) is 0 Å². The summed E-state index contributed by atoms with van der Waals surface area (Å²) in [7, 11) is 0. The number of anilines is 1. The maximum atomic E-state index is 12.6. The third-order valence-corrected chi connectivity index (χ3v) is 7.05. The Kier molecular flexibility index (Phi) is 4.52. The number of rotatable bonds is 5. The Morgan fingerprint density at radius 2 is 1.79 bits per heavy atom. The first-order valence-electron chi connectivity index (χ1n) is 8.49. The molecule has 1 aromatic carbocycles. The van der Waals surface area contributed by atoms with E-state index in [-0.39, 0.29) is 12.3 Å². The highest BCUT2D eigenvalue weighted by Gasteiger charge is 2.19. The lowest BCUT2D eigenvalue weighted by Gasteiger charge is -1.99. The number of nitrogens with zero attached hydrogens (tertiary/aromatic N) is 2. The Morgan fingerprint density at radius 1 is 1.00 bits per heavy atom. The van der Waals surface area contributed by atoms with E-state index in [0.717, 1.165) is 25.7 Å². The topological polar surface area (TPSA) is 68.0 Å². The highest BCUT2D eigenvalue weighted by Crippen LogP contribution is 2.42. The van der Waals surface area contributed by atoms with E-state index in [0.29, 0.717) is 16.4 Å². The van der Waals surface area contributed by atoms with E-state index in [4.69, 9.17) is 9.51 Å². The van der Waals surface area contributed by atoms with Crippen molar-refractivity contribution in [2.75, 3.05) is 5.32 Å². The van der Waals surface area contributed by atoms with Crippen LogP contribution in [0.3, 0.4) is 0 Å². The first-order chi connectivity index (χ1) is 13.8. The largest absolute Gasteiger partial charge is 0.356 e. The summed E-state index contributed by atoms with van der Waals surface area (Å²) in [6, 6.07) is 15.7. The second-order valence-electron chi connectivity index (χ2n) is 6.00. The van der Waals surface area contributed by atoms with Gasteiger partial charge < -0.3 is 9.84 Å². The number of benzene rings is 1. The van der Waals surface area contributed by atoms with E-state index in [2.05, 4.69) is 16.5 Å². The highest BCUT2D eigenvalue weighted by atomic mass is 32.1. The number of carbonyl (C=O) groups is 1. The van der Waals surface area contributed by atoms with E-state index in [1.54, 1.807) is 22.7 Å². The van der Waals surface area contributed by atoms with Crippen LogP contribution < -0.4 is 5.32 Å². The van der Waals surface area contributed by atoms with Crippen LogP contribution in [0, 0.1) is 0 Å². The quantitative estimate of drug-likeness (QED) is 0.381. The van der Waals surface area contributed by atoms with Gasteiger partial charge in [-0.2, -0.15) is 0 Å². The second-order valence-corrected chi connectivity index (χ2v) is 8.90. The molecule has 0 aliphatic carbocycles. The standard InChI is InChI=1S/C20H13N3O2S3/c24-17(11-13-12-5-1-2-6-14(12)25-23-13)21-20-22-18(15-7-3-9-26-15)19(28-20)16-8-4-10-27-16/h1-10H,11H2,(H,21,22,24). The predicted octanol–water partition coefficient (Wildman–Crippen LogP) is 5.92. The number of hydrogen-bond donors (Lipinski definition) is 1. The summed E-state index contributed by atoms with van der Waals surface area (Å²) >= 11 is 4.79. The molecule has 28 heavy (non-hydrogen) atoms. The molecule has 5 rings (SSSR count). The van der Waals surface area contributed by atoms with E-state index in [1.165, 1.54) is 11.3 Å². The van der Waals surface area contributed by atoms with E-state index in [9.17, 15) is 4.79 Å². The lowest BCUT2D eigenvalue weighted by atomic mass is 10.2. The van der Waals surface area contributed by atoms with Gasteiger partial charge in [0.15, 0.2) is 10.7 Å². The van der Waals surface area contributed by atoms with Gasteiger partial charge in [-0.25, -0.2) is 4.98 Å². The van der Waals surface area contributed by atoms with E-state index in [1.807, 2.05) is 53.2 Å². The van der Waals surface area contributed by atoms with Gasteiger partial charge in [0.1, 0.15) is 11.4 Å². The minimum Gasteiger partial charge on any atom is -0.356 e. The molecule has 0 aliphatic rings. The molecule has 138 valence electrons. The Bertz CT molecular complexity index is 1190. The average molecular weight is 424 g/mol. The van der Waals surface area contributed by atoms with Crippen LogP contribution >= 0.6 is 34.0 Å². The smallest absolute Gasteiger partial charge is 0.232 e. The van der Waals surface area contributed by atoms with Gasteiger partial charge in [0.05, 0.1) is 16.2 Å². The lowest BCUT2D eigenvalue weighted by molar-refractivity contribution is -0.115. The van der Waals surface area contributed by atoms with Gasteiger partial charge in [-0.1, -0.05) is 40.8 Å². The third kappa shape index (κ3) is 3.26. The molecular formula is C20H13N3O2S3. The summed E-state index contributed by atoms with van der Waals surface area (Å²) in [5.41, 5.74) is 2.21. The van der Waals surface area contributed by atoms with Crippen molar-refractivity contribution in [1.29, 1.82) is 0 Å². The van der Waals surface area contributed by atoms with Gasteiger partial charge in [0.2, 0.25) is 5.91 Å². The van der Waals surface area contributed by atoms with Crippen LogP contribution in [-0.4, -0.2) is 16.0 Å². The molecule has 4 heterocycles. The molecule has 0 radical (unpaired) electrons. The first kappa shape index (κ1) is 17.3. The van der Waals surface area contributed by atoms with Gasteiger partial charge in [-0.3, -0.25) is 4.79 Å². The highest BCUT2D eigenvalue weighted by molar-refractivity contribution is 7.24. The van der Waals surface area contributed by atoms with Crippen LogP contribution in [0.5, 0.6) is 0 Å². The summed E-state index contributed by atoms with van der Waals surface area (Å²) < 4.78 is 5.28. The fourth-order valence-corrected chi connectivity index (χ4v) is 5.54. The summed E-state index contributed by atoms with van der Waals surface area (Å²) in [4.78, 5) is 20.6. The Morgan fingerprint density at radius 3 is 2.57 bits per heavy atom. The molecule has 0 aliphatic heterocycles. The summed E-state index contributed by atoms with van der Waals surface area (Å²) in [6.07, 6.45) is 0.138. The van der Waals surface area contributed by atoms with Crippen molar-refractivity contribution in [1.82, 2.24) is 10.1 Å². The molecule has 1 amide bonds. The molecule has 5 nitrogen and oxygen atoms in total. The maximum absolute atomic E-state index is 12.6. The molecule has 0 bridgehead atoms. The van der Waals surface area contributed by atoms with Crippen LogP contribution in [0.1, 0.15) is 5.69 Å². The fraction of sp³-hybridized carbons (Fsp3) is 0.0500. The minimum atomic E-state index is -0.164. The number of thiophene rings is 2. The molecule has 0 spiro atoms. The van der Waals surface area contributed by atoms with Crippen LogP contribution in [-0.2, 0) is 11.2 Å². The molecule has 4 aromatic heterocycles. The van der Waals surface area contributed by atoms with Crippen molar-refractivity contribution in [3.05, 3.63) is 65.0 Å². The number of aromatic nitrogens is 2. The summed E-state index contributed by atoms with van der Waals surface area (Å²) in [6.45, 7) is 0. The Balaban J connectivity index is 1.42. The zero-order valence-corrected chi connectivity index (χ0v) is 16.9. The summed E-state index contributed by atoms with van der Waals surface area (Å²) in [5, 5.41) is 12.5. The van der Waals surface area contributed by atoms with Gasteiger partial charge in [-0.15, -0.1) is 22.7 Å². The molecule has 0 saturated carbocycles. The van der Waals surface area contributed by atoms with Gasteiger partial charge in [0.25, 0.3) is 0 Å². The van der Waals surface area contributed by atoms with E-state index < -0.39 is 0 Å². The zero-order chi connectivity index (χ0) is 18.9. The lowest BCUT2D eigenvalue weighted by Crippen LogP contribution is -2.14. The van der Waals surface area contributed by atoms with Crippen LogP contribution in [0.4, 0.5) is 5.13 Å². The Labute approximate surface area is 172 Å². The number of para-hydroxylation sites is 1. The normalized spacial score (nSPS) is 11.1. The number of fused-ring (bicyclic) bond motifs is 1. The van der Waals surface area contributed by atoms with Crippen molar-refractivity contribution in [3.8, 4) is 20.3 Å². The molecule has 0 unspecified atom stereocenters. The minimum absolute atomic E-state index is 0.138. The van der Waals surface area contributed by atoms with Crippen molar-refractivity contribution in [2.24, 2.45) is 0 Å². The fourth-order valence-electron chi connectivity index (χ4n) is 2.91. The number of hydrogen-bond acceptors (Lipinski definition) is 7. The molecule has 5 aromatic rings. The SMILES string of the molecule is O=C(Cc1noc2ccccc12)Nc1nc(-c2cccs2)c(-c2cccs2)s1. The summed E-state index contributed by atoms with van der Waals surface area (Å²) in [5.74, 6) is -0.164. The Hall–Kier alpha value is -2.81. The molecule has 0 fully saturated rings. The van der Waals surface area contributed by atoms with Crippen LogP contribution in [0.15, 0.2) is 63.8 Å². The van der Waals surface area contributed by atoms with Crippen LogP contribution in [0.25, 0.3) is 31.3 Å².